The number of pyridine rings is 1. The second-order valence-corrected chi connectivity index (χ2v) is 24.3. The molecule has 75 heavy (non-hydrogen) atoms. The maximum Gasteiger partial charge on any atom is 1.00 e. The first-order valence-corrected chi connectivity index (χ1v) is 28.5. The van der Waals surface area contributed by atoms with Gasteiger partial charge in [-0.25, -0.2) is 12.3 Å². The first-order chi connectivity index (χ1) is 36.1. The Labute approximate surface area is 466 Å². The van der Waals surface area contributed by atoms with Crippen molar-refractivity contribution in [1.29, 1.82) is 0 Å². The summed E-state index contributed by atoms with van der Waals surface area (Å²) in [4.78, 5) is 4.03. The molecule has 0 aliphatic rings. The molecule has 7 heteroatoms. The SMILES string of the molecule is Oc1cccc2cccnc12.[CH-]=C(C=C=C)[P+](c1ccccc1)(c1ccccc1)c1ccccc1.[Cl-].[Os+].c1ccc(P(c2ccccc2)c2ccccc2)cc1.c1ccc(P(c2ccccc2)c2ccccc2)cc1. The van der Waals surface area contributed by atoms with Crippen molar-refractivity contribution in [2.45, 2.75) is 0 Å². The van der Waals surface area contributed by atoms with Crippen molar-refractivity contribution >= 4 is 81.7 Å². The third kappa shape index (κ3) is 15.0. The monoisotopic (exact) mass is 1220 g/mol. The van der Waals surface area contributed by atoms with Crippen molar-refractivity contribution in [2.24, 2.45) is 0 Å². The number of hydrogen-bond donors (Lipinski definition) is 1. The fourth-order valence-electron chi connectivity index (χ4n) is 8.50. The first kappa shape index (κ1) is 57.2. The van der Waals surface area contributed by atoms with Gasteiger partial charge in [-0.05, 0) is 96.2 Å². The number of para-hydroxylation sites is 1. The summed E-state index contributed by atoms with van der Waals surface area (Å²) in [7, 11) is -3.02. The zero-order chi connectivity index (χ0) is 50.3. The Morgan fingerprint density at radius 1 is 0.400 bits per heavy atom. The second kappa shape index (κ2) is 30.3. The number of benzene rings is 10. The van der Waals surface area contributed by atoms with Crippen molar-refractivity contribution in [3.8, 4) is 5.75 Å². The molecule has 0 unspecified atom stereocenters. The molecule has 0 spiro atoms. The minimum Gasteiger partial charge on any atom is -1.00 e. The van der Waals surface area contributed by atoms with Crippen LogP contribution < -0.4 is 60.1 Å². The number of aromatic hydroxyl groups is 1. The van der Waals surface area contributed by atoms with Gasteiger partial charge in [0.1, 0.15) is 34.4 Å². The van der Waals surface area contributed by atoms with E-state index in [9.17, 15) is 5.11 Å². The van der Waals surface area contributed by atoms with Gasteiger partial charge in [0, 0.05) is 11.6 Å². The van der Waals surface area contributed by atoms with Crippen LogP contribution in [0.2, 0.25) is 0 Å². The molecule has 1 aromatic heterocycles. The van der Waals surface area contributed by atoms with Crippen LogP contribution in [-0.4, -0.2) is 10.1 Å². The van der Waals surface area contributed by atoms with E-state index in [2.05, 4.69) is 272 Å². The van der Waals surface area contributed by atoms with E-state index < -0.39 is 23.1 Å². The number of allylic oxidation sites excluding steroid dienone is 2. The molecule has 11 aromatic rings. The van der Waals surface area contributed by atoms with Crippen molar-refractivity contribution in [2.75, 3.05) is 0 Å². The summed E-state index contributed by atoms with van der Waals surface area (Å²) >= 11 is 0. The number of fused-ring (bicyclic) bond motifs is 1. The summed E-state index contributed by atoms with van der Waals surface area (Å²) in [5.74, 6) is 0.239. The summed E-state index contributed by atoms with van der Waals surface area (Å²) in [5.41, 5.74) is 3.53. The molecule has 1 heterocycles. The van der Waals surface area contributed by atoms with E-state index in [1.807, 2.05) is 42.5 Å². The predicted octanol–water partition coefficient (Wildman–Crippen LogP) is 10.5. The topological polar surface area (TPSA) is 33.1 Å². The van der Waals surface area contributed by atoms with Gasteiger partial charge in [-0.2, -0.15) is 0 Å². The van der Waals surface area contributed by atoms with Gasteiger partial charge in [0.05, 0.1) is 0 Å². The summed E-state index contributed by atoms with van der Waals surface area (Å²) in [5, 5.41) is 23.2. The number of rotatable bonds is 11. The Kier molecular flexibility index (Phi) is 23.1. The van der Waals surface area contributed by atoms with E-state index in [0.717, 1.165) is 10.7 Å². The van der Waals surface area contributed by atoms with E-state index in [1.165, 1.54) is 47.7 Å². The van der Waals surface area contributed by atoms with Gasteiger partial charge in [0.2, 0.25) is 0 Å². The third-order valence-electron chi connectivity index (χ3n) is 11.8. The van der Waals surface area contributed by atoms with Gasteiger partial charge >= 0.3 is 19.8 Å². The molecular weight excluding hydrogens is 1170 g/mol. The van der Waals surface area contributed by atoms with Crippen LogP contribution in [0.25, 0.3) is 10.9 Å². The summed E-state index contributed by atoms with van der Waals surface area (Å²) < 4.78 is 0. The Hall–Kier alpha value is -7.11. The quantitative estimate of drug-likeness (QED) is 0.0606. The Bertz CT molecular complexity index is 3010. The summed E-state index contributed by atoms with van der Waals surface area (Å²) in [6.45, 7) is 10.4. The molecule has 10 aromatic carbocycles. The maximum absolute atomic E-state index is 9.31. The average molecular weight is 1220 g/mol. The van der Waals surface area contributed by atoms with E-state index in [1.54, 1.807) is 18.3 Å². The zero-order valence-electron chi connectivity index (χ0n) is 41.3. The van der Waals surface area contributed by atoms with E-state index >= 15 is 0 Å². The van der Waals surface area contributed by atoms with Crippen molar-refractivity contribution in [3.63, 3.8) is 0 Å². The number of hydrogen-bond acceptors (Lipinski definition) is 2. The number of phenols is 1. The van der Waals surface area contributed by atoms with Crippen LogP contribution in [0.3, 0.4) is 0 Å². The fraction of sp³-hybridized carbons (Fsp3) is 0. The summed E-state index contributed by atoms with van der Waals surface area (Å²) in [6, 6.07) is 105. The number of phenolic OH excluding ortho intramolecular Hbond substituents is 1. The van der Waals surface area contributed by atoms with Crippen LogP contribution in [0.1, 0.15) is 0 Å². The smallest absolute Gasteiger partial charge is 1.00 e. The van der Waals surface area contributed by atoms with Gasteiger partial charge < -0.3 is 17.5 Å². The standard InChI is InChI=1S/C23H19P.2C18H15P.C9H7NO.ClH.Os/c1-3-13-20(2)24(21-14-7-4-8-15-21,22-16-9-5-10-17-22)23-18-11-6-12-19-23;2*1-4-10-16(11-5-1)19(17-12-6-2-7-13-17)18-14-8-3-9-15-18;11-8-5-1-3-7-4-2-6-10-9(7)8;;/h2,4-19H,1H2;2*1-15H;1-6,11H;1H;/q;;;;;+1/p-1. The Balaban J connectivity index is 0.000000165. The van der Waals surface area contributed by atoms with Crippen molar-refractivity contribution in [1.82, 2.24) is 4.98 Å². The molecule has 0 aliphatic carbocycles. The molecule has 0 saturated carbocycles. The van der Waals surface area contributed by atoms with Gasteiger partial charge in [-0.1, -0.05) is 267 Å². The molecule has 1 radical (unpaired) electrons. The van der Waals surface area contributed by atoms with Gasteiger partial charge in [0.15, 0.2) is 0 Å². The van der Waals surface area contributed by atoms with Crippen molar-refractivity contribution < 1.29 is 37.3 Å². The molecule has 0 aliphatic heterocycles. The van der Waals surface area contributed by atoms with Gasteiger partial charge in [-0.3, -0.25) is 4.98 Å². The molecule has 0 fully saturated rings. The minimum absolute atomic E-state index is 0. The third-order valence-corrected chi connectivity index (χ3v) is 20.8. The first-order valence-electron chi connectivity index (χ1n) is 24.1. The molecule has 0 bridgehead atoms. The van der Waals surface area contributed by atoms with Crippen LogP contribution in [-0.2, 0) is 19.8 Å². The van der Waals surface area contributed by atoms with Gasteiger partial charge in [0.25, 0.3) is 0 Å². The maximum atomic E-state index is 9.31. The van der Waals surface area contributed by atoms with Crippen LogP contribution in [0.5, 0.6) is 5.75 Å². The molecule has 0 amide bonds. The molecule has 11 rings (SSSR count). The minimum atomic E-state index is -2.12. The van der Waals surface area contributed by atoms with Crippen molar-refractivity contribution in [3.05, 3.63) is 340 Å². The van der Waals surface area contributed by atoms with Crippen LogP contribution in [0.4, 0.5) is 0 Å². The van der Waals surface area contributed by atoms with E-state index in [-0.39, 0.29) is 37.9 Å². The summed E-state index contributed by atoms with van der Waals surface area (Å²) in [6.07, 6.45) is 3.49. The van der Waals surface area contributed by atoms with Crippen LogP contribution >= 0.6 is 23.1 Å². The van der Waals surface area contributed by atoms with Crippen LogP contribution in [0, 0.1) is 6.58 Å². The number of nitrogens with zero attached hydrogens (tertiary/aromatic N) is 1. The molecule has 2 nitrogen and oxygen atoms in total. The molecular formula is C68H56ClNOOsP3. The molecule has 0 saturated heterocycles. The van der Waals surface area contributed by atoms with E-state index in [0.29, 0.717) is 5.52 Å². The van der Waals surface area contributed by atoms with Gasteiger partial charge in [-0.15, -0.1) is 6.08 Å². The van der Waals surface area contributed by atoms with E-state index in [4.69, 9.17) is 6.58 Å². The largest absolute Gasteiger partial charge is 1.00 e. The Morgan fingerprint density at radius 2 is 0.667 bits per heavy atom. The molecule has 0 atom stereocenters. The normalized spacial score (nSPS) is 10.3. The average Bonchev–Trinajstić information content (AvgIpc) is 3.47. The second-order valence-electron chi connectivity index (χ2n) is 16.5. The number of halogens is 1. The molecule has 369 valence electrons. The Morgan fingerprint density at radius 3 is 0.933 bits per heavy atom. The number of aromatic nitrogens is 1. The molecule has 1 N–H and O–H groups in total. The predicted molar refractivity (Wildman–Crippen MR) is 320 cm³/mol. The van der Waals surface area contributed by atoms with Crippen LogP contribution in [0.15, 0.2) is 333 Å². The fourth-order valence-corrected chi connectivity index (χ4v) is 17.0. The zero-order valence-corrected chi connectivity index (χ0v) is 47.3.